The molecule has 2 rings (SSSR count). The number of rotatable bonds is 8. The minimum Gasteiger partial charge on any atom is -1.00 e. The molecule has 0 saturated carbocycles. The molecule has 1 aliphatic rings. The first-order chi connectivity index (χ1) is 11.4. The minimum atomic E-state index is -1.74. The number of unbranched alkanes of at least 4 members (excludes halogenated alkanes) is 2. The van der Waals surface area contributed by atoms with Crippen molar-refractivity contribution >= 4 is 13.3 Å². The molecule has 0 aliphatic heterocycles. The van der Waals surface area contributed by atoms with Gasteiger partial charge < -0.3 is 37.2 Å². The van der Waals surface area contributed by atoms with Gasteiger partial charge in [0, 0.05) is 0 Å². The Kier molecular flexibility index (Phi) is 17.2. The summed E-state index contributed by atoms with van der Waals surface area (Å²) in [6.07, 6.45) is 9.24. The fourth-order valence-electron chi connectivity index (χ4n) is 4.61. The van der Waals surface area contributed by atoms with Crippen molar-refractivity contribution in [2.24, 2.45) is 0 Å². The van der Waals surface area contributed by atoms with Crippen molar-refractivity contribution in [2.75, 3.05) is 0 Å². The molecule has 156 valence electrons. The molecule has 1 aromatic rings. The monoisotopic (exact) mass is 492 g/mol. The summed E-state index contributed by atoms with van der Waals surface area (Å²) >= 11 is 0. The Labute approximate surface area is 208 Å². The maximum atomic E-state index is 3.99. The molecule has 0 N–H and O–H groups in total. The van der Waals surface area contributed by atoms with Gasteiger partial charge in [0.05, 0.1) is 8.07 Å². The molecule has 1 aromatic carbocycles. The van der Waals surface area contributed by atoms with Crippen molar-refractivity contribution in [3.63, 3.8) is 0 Å². The van der Waals surface area contributed by atoms with Crippen LogP contribution in [0.2, 0.25) is 17.1 Å². The molecule has 0 nitrogen and oxygen atoms in total. The van der Waals surface area contributed by atoms with Crippen molar-refractivity contribution in [3.05, 3.63) is 53.1 Å². The second-order valence-corrected chi connectivity index (χ2v) is 12.5. The van der Waals surface area contributed by atoms with Crippen LogP contribution in [0, 0.1) is 6.08 Å². The molecular formula is C23H35Cl3SiTi. The molecule has 28 heavy (non-hydrogen) atoms. The SMILES string of the molecule is CCCC[Si](CCCC)(c1ccccc1)C1(C)[C-]=C(C)C(C)=C1C.[Cl-].[Cl-].[Cl-].[Ti+4]. The Balaban J connectivity index is -0.00000156. The molecule has 0 aromatic heterocycles. The van der Waals surface area contributed by atoms with Crippen LogP contribution in [0.1, 0.15) is 67.2 Å². The van der Waals surface area contributed by atoms with Gasteiger partial charge in [-0.3, -0.25) is 6.08 Å². The summed E-state index contributed by atoms with van der Waals surface area (Å²) in [6, 6.07) is 14.3. The predicted molar refractivity (Wildman–Crippen MR) is 110 cm³/mol. The molecule has 0 spiro atoms. The molecule has 0 radical (unpaired) electrons. The van der Waals surface area contributed by atoms with Crippen LogP contribution in [-0.4, -0.2) is 8.07 Å². The van der Waals surface area contributed by atoms with Gasteiger partial charge in [-0.1, -0.05) is 113 Å². The molecule has 1 aliphatic carbocycles. The fourth-order valence-corrected chi connectivity index (χ4v) is 11.1. The maximum Gasteiger partial charge on any atom is 4.00 e. The second kappa shape index (κ2) is 14.5. The van der Waals surface area contributed by atoms with E-state index in [2.05, 4.69) is 78.0 Å². The molecule has 0 amide bonds. The summed E-state index contributed by atoms with van der Waals surface area (Å²) in [4.78, 5) is 0. The molecule has 0 saturated heterocycles. The Morgan fingerprint density at radius 2 is 1.32 bits per heavy atom. The van der Waals surface area contributed by atoms with Gasteiger partial charge in [0.25, 0.3) is 0 Å². The van der Waals surface area contributed by atoms with Gasteiger partial charge in [0.1, 0.15) is 0 Å². The summed E-state index contributed by atoms with van der Waals surface area (Å²) in [7, 11) is -1.74. The van der Waals surface area contributed by atoms with Gasteiger partial charge in [0.15, 0.2) is 0 Å². The van der Waals surface area contributed by atoms with Gasteiger partial charge >= 0.3 is 21.7 Å². The van der Waals surface area contributed by atoms with E-state index < -0.39 is 8.07 Å². The van der Waals surface area contributed by atoms with E-state index in [1.807, 2.05) is 0 Å². The normalized spacial score (nSPS) is 18.3. The zero-order valence-corrected chi connectivity index (χ0v) is 23.1. The number of hydrogen-bond donors (Lipinski definition) is 0. The Bertz CT molecular complexity index is 620. The predicted octanol–water partition coefficient (Wildman–Crippen LogP) is -2.19. The molecule has 5 heteroatoms. The number of allylic oxidation sites excluding steroid dienone is 4. The number of hydrogen-bond acceptors (Lipinski definition) is 0. The van der Waals surface area contributed by atoms with Crippen LogP contribution in [0.5, 0.6) is 0 Å². The van der Waals surface area contributed by atoms with Crippen molar-refractivity contribution in [3.8, 4) is 0 Å². The molecule has 0 fully saturated rings. The summed E-state index contributed by atoms with van der Waals surface area (Å²) in [5.41, 5.74) is 4.46. The molecule has 1 atom stereocenters. The van der Waals surface area contributed by atoms with Crippen molar-refractivity contribution in [2.45, 2.75) is 84.4 Å². The van der Waals surface area contributed by atoms with Gasteiger partial charge in [-0.05, 0) is 0 Å². The number of halogens is 3. The van der Waals surface area contributed by atoms with Crippen molar-refractivity contribution in [1.82, 2.24) is 0 Å². The van der Waals surface area contributed by atoms with Crippen LogP contribution in [0.3, 0.4) is 0 Å². The van der Waals surface area contributed by atoms with Crippen LogP contribution in [0.15, 0.2) is 47.1 Å². The smallest absolute Gasteiger partial charge is 1.00 e. The molecule has 1 unspecified atom stereocenters. The van der Waals surface area contributed by atoms with E-state index in [0.29, 0.717) is 0 Å². The van der Waals surface area contributed by atoms with E-state index >= 15 is 0 Å². The van der Waals surface area contributed by atoms with Crippen LogP contribution in [-0.2, 0) is 21.7 Å². The fraction of sp³-hybridized carbons (Fsp3) is 0.565. The largest absolute Gasteiger partial charge is 4.00 e. The Hall–Kier alpha value is 0.501. The summed E-state index contributed by atoms with van der Waals surface area (Å²) in [5, 5.41) is 1.79. The maximum absolute atomic E-state index is 3.99. The summed E-state index contributed by atoms with van der Waals surface area (Å²) < 4.78 is 0. The molecule has 0 heterocycles. The average Bonchev–Trinajstić information content (AvgIpc) is 2.80. The quantitative estimate of drug-likeness (QED) is 0.285. The van der Waals surface area contributed by atoms with Gasteiger partial charge in [-0.25, -0.2) is 5.57 Å². The zero-order chi connectivity index (χ0) is 17.8. The van der Waals surface area contributed by atoms with Crippen LogP contribution < -0.4 is 42.4 Å². The van der Waals surface area contributed by atoms with Crippen molar-refractivity contribution in [1.29, 1.82) is 0 Å². The van der Waals surface area contributed by atoms with E-state index in [-0.39, 0.29) is 64.0 Å². The molecular weight excluding hydrogens is 459 g/mol. The zero-order valence-electron chi connectivity index (χ0n) is 18.3. The summed E-state index contributed by atoms with van der Waals surface area (Å²) in [6.45, 7) is 14.1. The minimum absolute atomic E-state index is 0. The average molecular weight is 494 g/mol. The number of benzene rings is 1. The first-order valence-corrected chi connectivity index (χ1v) is 12.2. The Morgan fingerprint density at radius 3 is 1.68 bits per heavy atom. The van der Waals surface area contributed by atoms with Gasteiger partial charge in [-0.15, -0.1) is 6.92 Å². The third kappa shape index (κ3) is 6.25. The Morgan fingerprint density at radius 1 is 0.857 bits per heavy atom. The first kappa shape index (κ1) is 33.1. The van der Waals surface area contributed by atoms with Crippen LogP contribution in [0.25, 0.3) is 0 Å². The van der Waals surface area contributed by atoms with Crippen LogP contribution in [0.4, 0.5) is 0 Å². The van der Waals surface area contributed by atoms with Crippen molar-refractivity contribution < 1.29 is 58.9 Å². The van der Waals surface area contributed by atoms with E-state index in [9.17, 15) is 0 Å². The van der Waals surface area contributed by atoms with E-state index in [4.69, 9.17) is 0 Å². The van der Waals surface area contributed by atoms with Gasteiger partial charge in [0.2, 0.25) is 0 Å². The van der Waals surface area contributed by atoms with Crippen LogP contribution >= 0.6 is 0 Å². The molecule has 0 bridgehead atoms. The van der Waals surface area contributed by atoms with E-state index in [1.54, 1.807) is 10.8 Å². The summed E-state index contributed by atoms with van der Waals surface area (Å²) in [5.74, 6) is 0. The standard InChI is InChI=1S/C23H35Si.3ClH.Ti/c1-7-9-16-24(17-10-8-2,22-14-12-11-13-15-22)23(6)18-19(3)20(4)21(23)5;;;;/h11-15H,7-10,16-17H2,1-6H3;3*1H;/q-1;;;;+4/p-3. The first-order valence-electron chi connectivity index (χ1n) is 9.78. The second-order valence-electron chi connectivity index (χ2n) is 7.78. The third-order valence-electron chi connectivity index (χ3n) is 6.51. The van der Waals surface area contributed by atoms with E-state index in [1.165, 1.54) is 48.9 Å². The third-order valence-corrected chi connectivity index (χ3v) is 12.8. The van der Waals surface area contributed by atoms with Gasteiger partial charge in [-0.2, -0.15) is 11.1 Å². The topological polar surface area (TPSA) is 0 Å². The van der Waals surface area contributed by atoms with E-state index in [0.717, 1.165) is 0 Å².